The molecule has 0 heterocycles. The van der Waals surface area contributed by atoms with E-state index in [1.165, 1.54) is 38.5 Å². The maximum absolute atomic E-state index is 12.7. The van der Waals surface area contributed by atoms with Gasteiger partial charge in [0.05, 0.1) is 34.4 Å². The number of hydrogen-bond donors (Lipinski definition) is 0. The summed E-state index contributed by atoms with van der Waals surface area (Å²) in [6.07, 6.45) is 60.0. The monoisotopic (exact) mass is 872 g/mol. The van der Waals surface area contributed by atoms with Crippen molar-refractivity contribution < 1.29 is 37.3 Å². The zero-order valence-electron chi connectivity index (χ0n) is 39.6. The predicted molar refractivity (Wildman–Crippen MR) is 258 cm³/mol. The number of carbonyl (C=O) groups is 1. The number of unbranched alkanes of at least 4 members (excludes halogenated alkanes) is 13. The van der Waals surface area contributed by atoms with Crippen LogP contribution in [0.5, 0.6) is 0 Å². The second-order valence-corrected chi connectivity index (χ2v) is 18.1. The third-order valence-electron chi connectivity index (χ3n) is 9.62. The Hall–Kier alpha value is -2.58. The first-order chi connectivity index (χ1) is 29.6. The predicted octanol–water partition coefficient (Wildman–Crippen LogP) is 14.0. The standard InChI is InChI=1S/C52H90NO7P/c1-6-8-10-12-14-16-18-20-21-22-23-24-25-26-27-28-29-30-31-32-34-36-38-40-42-44-47-57-49-51(50-59-61(55,56)58-48-46-53(3,4)5)60-52(54)45-43-41-39-37-35-33-19-17-15-13-11-9-7-2/h8,10,14,16-17,19-21,23-24,26-27,29-30,32,34,51H,6-7,9,11-13,15,18,22,25,28,31,33,35-50H2,1-5H3/b10-8-,16-14-,19-17-,21-20-,24-23-,27-26-,30-29-,34-32-. The summed E-state index contributed by atoms with van der Waals surface area (Å²) in [5, 5.41) is 0. The molecule has 0 radical (unpaired) electrons. The second-order valence-electron chi connectivity index (χ2n) is 16.7. The highest BCUT2D eigenvalue weighted by Crippen LogP contribution is 2.38. The van der Waals surface area contributed by atoms with Crippen molar-refractivity contribution in [3.8, 4) is 0 Å². The highest BCUT2D eigenvalue weighted by atomic mass is 31.2. The first kappa shape index (κ1) is 58.4. The van der Waals surface area contributed by atoms with Crippen LogP contribution in [0.3, 0.4) is 0 Å². The van der Waals surface area contributed by atoms with Gasteiger partial charge >= 0.3 is 5.97 Å². The number of hydrogen-bond acceptors (Lipinski definition) is 7. The van der Waals surface area contributed by atoms with Crippen LogP contribution in [0.2, 0.25) is 0 Å². The molecule has 0 saturated carbocycles. The normalized spacial score (nSPS) is 14.5. The summed E-state index contributed by atoms with van der Waals surface area (Å²) in [6, 6.07) is 0. The van der Waals surface area contributed by atoms with Gasteiger partial charge in [0.1, 0.15) is 19.3 Å². The van der Waals surface area contributed by atoms with Crippen molar-refractivity contribution in [1.82, 2.24) is 0 Å². The van der Waals surface area contributed by atoms with Crippen molar-refractivity contribution >= 4 is 13.8 Å². The largest absolute Gasteiger partial charge is 0.756 e. The molecule has 0 aliphatic carbocycles. The van der Waals surface area contributed by atoms with Gasteiger partial charge in [0.2, 0.25) is 0 Å². The Morgan fingerprint density at radius 3 is 1.44 bits per heavy atom. The molecule has 0 aliphatic rings. The van der Waals surface area contributed by atoms with E-state index >= 15 is 0 Å². The summed E-state index contributed by atoms with van der Waals surface area (Å²) in [7, 11) is 1.32. The van der Waals surface area contributed by atoms with Crippen LogP contribution in [0.15, 0.2) is 97.2 Å². The molecule has 0 spiro atoms. The summed E-state index contributed by atoms with van der Waals surface area (Å²) in [5.74, 6) is -0.358. The molecule has 0 rings (SSSR count). The molecule has 0 aliphatic heterocycles. The number of quaternary nitrogens is 1. The molecular formula is C52H90NO7P. The Morgan fingerprint density at radius 1 is 0.525 bits per heavy atom. The molecule has 0 saturated heterocycles. The molecule has 2 atom stereocenters. The number of nitrogens with zero attached hydrogens (tertiary/aromatic N) is 1. The van der Waals surface area contributed by atoms with Crippen molar-refractivity contribution in [2.75, 3.05) is 54.1 Å². The fourth-order valence-corrected chi connectivity index (χ4v) is 6.66. The minimum Gasteiger partial charge on any atom is -0.756 e. The Balaban J connectivity index is 4.24. The van der Waals surface area contributed by atoms with Crippen LogP contribution in [0.25, 0.3) is 0 Å². The van der Waals surface area contributed by atoms with E-state index < -0.39 is 13.9 Å². The summed E-state index contributed by atoms with van der Waals surface area (Å²) >= 11 is 0. The van der Waals surface area contributed by atoms with E-state index in [1.807, 2.05) is 21.1 Å². The summed E-state index contributed by atoms with van der Waals surface area (Å²) in [4.78, 5) is 25.1. The van der Waals surface area contributed by atoms with E-state index in [9.17, 15) is 14.3 Å². The summed E-state index contributed by atoms with van der Waals surface area (Å²) in [6.45, 7) is 5.18. The van der Waals surface area contributed by atoms with Crippen molar-refractivity contribution in [3.63, 3.8) is 0 Å². The van der Waals surface area contributed by atoms with E-state index in [2.05, 4.69) is 111 Å². The van der Waals surface area contributed by atoms with Crippen molar-refractivity contribution in [2.45, 2.75) is 174 Å². The van der Waals surface area contributed by atoms with E-state index in [1.54, 1.807) is 0 Å². The quantitative estimate of drug-likeness (QED) is 0.0198. The Labute approximate surface area is 375 Å². The lowest BCUT2D eigenvalue weighted by Gasteiger charge is -2.28. The molecule has 0 bridgehead atoms. The zero-order valence-corrected chi connectivity index (χ0v) is 40.5. The number of likely N-dealkylation sites (N-methyl/N-ethyl adjacent to an activating group) is 1. The third-order valence-corrected chi connectivity index (χ3v) is 10.6. The van der Waals surface area contributed by atoms with Gasteiger partial charge in [0.15, 0.2) is 0 Å². The Morgan fingerprint density at radius 2 is 0.951 bits per heavy atom. The summed E-state index contributed by atoms with van der Waals surface area (Å²) in [5.41, 5.74) is 0. The van der Waals surface area contributed by atoms with E-state index in [0.717, 1.165) is 109 Å². The lowest BCUT2D eigenvalue weighted by atomic mass is 10.1. The molecule has 61 heavy (non-hydrogen) atoms. The average molecular weight is 872 g/mol. The molecule has 2 unspecified atom stereocenters. The van der Waals surface area contributed by atoms with Gasteiger partial charge in [-0.1, -0.05) is 162 Å². The molecular weight excluding hydrogens is 782 g/mol. The fraction of sp³-hybridized carbons (Fsp3) is 0.673. The third kappa shape index (κ3) is 48.3. The molecule has 0 fully saturated rings. The van der Waals surface area contributed by atoms with Crippen LogP contribution in [-0.4, -0.2) is 70.7 Å². The number of carbonyl (C=O) groups excluding carboxylic acids is 1. The highest BCUT2D eigenvalue weighted by Gasteiger charge is 2.20. The lowest BCUT2D eigenvalue weighted by molar-refractivity contribution is -0.870. The molecule has 350 valence electrons. The van der Waals surface area contributed by atoms with Crippen LogP contribution in [0.1, 0.15) is 168 Å². The minimum absolute atomic E-state index is 0.0137. The van der Waals surface area contributed by atoms with Crippen LogP contribution >= 0.6 is 7.82 Å². The maximum atomic E-state index is 12.7. The lowest BCUT2D eigenvalue weighted by Crippen LogP contribution is -2.37. The van der Waals surface area contributed by atoms with E-state index in [4.69, 9.17) is 18.5 Å². The molecule has 0 aromatic carbocycles. The van der Waals surface area contributed by atoms with Crippen molar-refractivity contribution in [1.29, 1.82) is 0 Å². The minimum atomic E-state index is -4.54. The Kier molecular flexibility index (Phi) is 42.2. The highest BCUT2D eigenvalue weighted by molar-refractivity contribution is 7.45. The van der Waals surface area contributed by atoms with Gasteiger partial charge in [-0.25, -0.2) is 0 Å². The van der Waals surface area contributed by atoms with Gasteiger partial charge in [0, 0.05) is 13.0 Å². The molecule has 9 heteroatoms. The smallest absolute Gasteiger partial charge is 0.306 e. The Bertz CT molecular complexity index is 1290. The van der Waals surface area contributed by atoms with Gasteiger partial charge in [0.25, 0.3) is 7.82 Å². The van der Waals surface area contributed by atoms with Crippen LogP contribution < -0.4 is 4.89 Å². The number of rotatable bonds is 43. The van der Waals surface area contributed by atoms with Crippen LogP contribution in [-0.2, 0) is 27.9 Å². The van der Waals surface area contributed by atoms with Gasteiger partial charge in [-0.05, 0) is 96.3 Å². The van der Waals surface area contributed by atoms with E-state index in [0.29, 0.717) is 24.1 Å². The average Bonchev–Trinajstić information content (AvgIpc) is 3.22. The molecule has 8 nitrogen and oxygen atoms in total. The number of phosphoric acid groups is 1. The number of phosphoric ester groups is 1. The SMILES string of the molecule is CC/C=C\C/C=C\C/C=C\C/C=C\C/C=C\C/C=C\C/C=C\CCCCCCOCC(COP(=O)([O-])OCC[N+](C)(C)C)OC(=O)CCCCCCC/C=C\CCCCCC. The van der Waals surface area contributed by atoms with Gasteiger partial charge in [-0.15, -0.1) is 0 Å². The maximum Gasteiger partial charge on any atom is 0.306 e. The van der Waals surface area contributed by atoms with Crippen LogP contribution in [0.4, 0.5) is 0 Å². The van der Waals surface area contributed by atoms with Gasteiger partial charge < -0.3 is 27.9 Å². The van der Waals surface area contributed by atoms with Gasteiger partial charge in [-0.3, -0.25) is 9.36 Å². The molecule has 0 aromatic rings. The first-order valence-corrected chi connectivity index (χ1v) is 25.4. The molecule has 0 amide bonds. The second kappa shape index (κ2) is 44.0. The van der Waals surface area contributed by atoms with Crippen molar-refractivity contribution in [2.24, 2.45) is 0 Å². The number of ether oxygens (including phenoxy) is 2. The fourth-order valence-electron chi connectivity index (χ4n) is 5.93. The van der Waals surface area contributed by atoms with Crippen molar-refractivity contribution in [3.05, 3.63) is 97.2 Å². The number of allylic oxidation sites excluding steroid dienone is 16. The molecule has 0 aromatic heterocycles. The van der Waals surface area contributed by atoms with Crippen LogP contribution in [0, 0.1) is 0 Å². The molecule has 0 N–H and O–H groups in total. The van der Waals surface area contributed by atoms with E-state index in [-0.39, 0.29) is 25.8 Å². The zero-order chi connectivity index (χ0) is 44.8. The topological polar surface area (TPSA) is 94.1 Å². The van der Waals surface area contributed by atoms with Gasteiger partial charge in [-0.2, -0.15) is 0 Å². The summed E-state index contributed by atoms with van der Waals surface area (Å²) < 4.78 is 34.6. The first-order valence-electron chi connectivity index (χ1n) is 24.0. The number of esters is 1.